The highest BCUT2D eigenvalue weighted by Gasteiger charge is 2.09. The number of nitrogens with zero attached hydrogens (tertiary/aromatic N) is 2. The van der Waals surface area contributed by atoms with Crippen LogP contribution in [0.2, 0.25) is 5.02 Å². The molecule has 2 aromatic carbocycles. The zero-order chi connectivity index (χ0) is 13.9. The molecule has 1 N–H and O–H groups in total. The zero-order valence-corrected chi connectivity index (χ0v) is 11.2. The van der Waals surface area contributed by atoms with Gasteiger partial charge in [0.25, 0.3) is 0 Å². The van der Waals surface area contributed by atoms with Gasteiger partial charge in [-0.3, -0.25) is 0 Å². The van der Waals surface area contributed by atoms with E-state index < -0.39 is 0 Å². The molecule has 1 aromatic heterocycles. The van der Waals surface area contributed by atoms with Gasteiger partial charge in [-0.25, -0.2) is 0 Å². The van der Waals surface area contributed by atoms with Crippen LogP contribution < -0.4 is 0 Å². The molecule has 0 radical (unpaired) electrons. The molecular formula is C15H11ClN2O2. The Morgan fingerprint density at radius 2 is 1.95 bits per heavy atom. The topological polar surface area (TPSA) is 59.2 Å². The normalized spacial score (nSPS) is 10.7. The Labute approximate surface area is 120 Å². The standard InChI is InChI=1S/C15H11ClN2O2/c16-12-5-1-3-10(7-12)8-14-17-15(18-20-14)11-4-2-6-13(19)9-11/h1-7,9,19H,8H2. The summed E-state index contributed by atoms with van der Waals surface area (Å²) in [5.74, 6) is 1.13. The second-order valence-corrected chi connectivity index (χ2v) is 4.81. The van der Waals surface area contributed by atoms with Crippen molar-refractivity contribution in [2.24, 2.45) is 0 Å². The molecule has 5 heteroatoms. The van der Waals surface area contributed by atoms with E-state index in [-0.39, 0.29) is 5.75 Å². The molecule has 4 nitrogen and oxygen atoms in total. The molecule has 3 aromatic rings. The summed E-state index contributed by atoms with van der Waals surface area (Å²) in [5, 5.41) is 14.0. The first-order valence-corrected chi connectivity index (χ1v) is 6.45. The van der Waals surface area contributed by atoms with Gasteiger partial charge in [-0.05, 0) is 29.8 Å². The highest BCUT2D eigenvalue weighted by atomic mass is 35.5. The quantitative estimate of drug-likeness (QED) is 0.798. The average Bonchev–Trinajstić information content (AvgIpc) is 2.87. The van der Waals surface area contributed by atoms with Gasteiger partial charge in [-0.15, -0.1) is 0 Å². The fraction of sp³-hybridized carbons (Fsp3) is 0.0667. The lowest BCUT2D eigenvalue weighted by molar-refractivity contribution is 0.385. The summed E-state index contributed by atoms with van der Waals surface area (Å²) >= 11 is 5.94. The number of halogens is 1. The molecule has 1 heterocycles. The maximum atomic E-state index is 9.45. The van der Waals surface area contributed by atoms with E-state index in [9.17, 15) is 5.11 Å². The van der Waals surface area contributed by atoms with Gasteiger partial charge in [0.15, 0.2) is 0 Å². The van der Waals surface area contributed by atoms with Gasteiger partial charge in [0, 0.05) is 10.6 Å². The third kappa shape index (κ3) is 2.81. The van der Waals surface area contributed by atoms with E-state index in [0.29, 0.717) is 28.7 Å². The maximum Gasteiger partial charge on any atom is 0.231 e. The van der Waals surface area contributed by atoms with Gasteiger partial charge in [0.2, 0.25) is 11.7 Å². The fourth-order valence-electron chi connectivity index (χ4n) is 1.91. The van der Waals surface area contributed by atoms with Crippen molar-refractivity contribution in [3.63, 3.8) is 0 Å². The van der Waals surface area contributed by atoms with E-state index in [1.807, 2.05) is 30.3 Å². The molecule has 0 aliphatic heterocycles. The number of phenols is 1. The summed E-state index contributed by atoms with van der Waals surface area (Å²) in [6, 6.07) is 14.2. The van der Waals surface area contributed by atoms with Crippen molar-refractivity contribution in [2.75, 3.05) is 0 Å². The summed E-state index contributed by atoms with van der Waals surface area (Å²) < 4.78 is 5.22. The molecule has 0 bridgehead atoms. The highest BCUT2D eigenvalue weighted by molar-refractivity contribution is 6.30. The van der Waals surface area contributed by atoms with Gasteiger partial charge in [0.05, 0.1) is 6.42 Å². The van der Waals surface area contributed by atoms with Crippen molar-refractivity contribution >= 4 is 11.6 Å². The van der Waals surface area contributed by atoms with E-state index >= 15 is 0 Å². The van der Waals surface area contributed by atoms with Crippen LogP contribution in [0.3, 0.4) is 0 Å². The van der Waals surface area contributed by atoms with Crippen molar-refractivity contribution in [3.05, 3.63) is 65.0 Å². The van der Waals surface area contributed by atoms with E-state index in [2.05, 4.69) is 10.1 Å². The van der Waals surface area contributed by atoms with Gasteiger partial charge >= 0.3 is 0 Å². The van der Waals surface area contributed by atoms with Crippen LogP contribution in [-0.4, -0.2) is 15.2 Å². The van der Waals surface area contributed by atoms with Crippen molar-refractivity contribution in [2.45, 2.75) is 6.42 Å². The van der Waals surface area contributed by atoms with Crippen LogP contribution in [-0.2, 0) is 6.42 Å². The molecule has 0 aliphatic carbocycles. The van der Waals surface area contributed by atoms with Crippen LogP contribution in [0.5, 0.6) is 5.75 Å². The Kier molecular flexibility index (Phi) is 3.39. The van der Waals surface area contributed by atoms with E-state index in [1.165, 1.54) is 0 Å². The predicted octanol–water partition coefficient (Wildman–Crippen LogP) is 3.69. The number of hydrogen-bond acceptors (Lipinski definition) is 4. The maximum absolute atomic E-state index is 9.45. The molecule has 0 aliphatic rings. The fourth-order valence-corrected chi connectivity index (χ4v) is 2.12. The second-order valence-electron chi connectivity index (χ2n) is 4.37. The Balaban J connectivity index is 1.84. The molecule has 100 valence electrons. The Morgan fingerprint density at radius 1 is 1.10 bits per heavy atom. The first-order valence-electron chi connectivity index (χ1n) is 6.07. The van der Waals surface area contributed by atoms with E-state index in [0.717, 1.165) is 5.56 Å². The van der Waals surface area contributed by atoms with Crippen LogP contribution >= 0.6 is 11.6 Å². The second kappa shape index (κ2) is 5.35. The van der Waals surface area contributed by atoms with Gasteiger partial charge < -0.3 is 9.63 Å². The number of rotatable bonds is 3. The van der Waals surface area contributed by atoms with Crippen molar-refractivity contribution in [1.82, 2.24) is 10.1 Å². The van der Waals surface area contributed by atoms with E-state index in [1.54, 1.807) is 18.2 Å². The zero-order valence-electron chi connectivity index (χ0n) is 10.5. The summed E-state index contributed by atoms with van der Waals surface area (Å²) in [6.45, 7) is 0. The van der Waals surface area contributed by atoms with Crippen molar-refractivity contribution in [1.29, 1.82) is 0 Å². The molecule has 0 saturated carbocycles. The lowest BCUT2D eigenvalue weighted by atomic mass is 10.1. The van der Waals surface area contributed by atoms with Gasteiger partial charge in [-0.2, -0.15) is 4.98 Å². The first kappa shape index (κ1) is 12.7. The third-order valence-corrected chi connectivity index (χ3v) is 3.05. The number of benzene rings is 2. The molecule has 3 rings (SSSR count). The van der Waals surface area contributed by atoms with Crippen molar-refractivity contribution < 1.29 is 9.63 Å². The summed E-state index contributed by atoms with van der Waals surface area (Å²) in [6.07, 6.45) is 0.520. The molecule has 0 amide bonds. The van der Waals surface area contributed by atoms with E-state index in [4.69, 9.17) is 16.1 Å². The minimum atomic E-state index is 0.170. The Bertz CT molecular complexity index is 740. The average molecular weight is 287 g/mol. The molecule has 20 heavy (non-hydrogen) atoms. The third-order valence-electron chi connectivity index (χ3n) is 2.82. The molecule has 0 atom stereocenters. The molecule has 0 saturated heterocycles. The number of aromatic hydroxyl groups is 1. The van der Waals surface area contributed by atoms with Crippen LogP contribution in [0.4, 0.5) is 0 Å². The van der Waals surface area contributed by atoms with Crippen LogP contribution in [0.15, 0.2) is 53.1 Å². The number of hydrogen-bond donors (Lipinski definition) is 1. The Hall–Kier alpha value is -2.33. The van der Waals surface area contributed by atoms with Crippen LogP contribution in [0, 0.1) is 0 Å². The highest BCUT2D eigenvalue weighted by Crippen LogP contribution is 2.21. The monoisotopic (exact) mass is 286 g/mol. The van der Waals surface area contributed by atoms with Crippen LogP contribution in [0.25, 0.3) is 11.4 Å². The minimum Gasteiger partial charge on any atom is -0.508 e. The summed E-state index contributed by atoms with van der Waals surface area (Å²) in [5.41, 5.74) is 1.72. The summed E-state index contributed by atoms with van der Waals surface area (Å²) in [4.78, 5) is 4.31. The molecule has 0 unspecified atom stereocenters. The molecule has 0 spiro atoms. The number of aromatic nitrogens is 2. The molecular weight excluding hydrogens is 276 g/mol. The van der Waals surface area contributed by atoms with Crippen LogP contribution in [0.1, 0.15) is 11.5 Å². The van der Waals surface area contributed by atoms with Crippen molar-refractivity contribution in [3.8, 4) is 17.1 Å². The lowest BCUT2D eigenvalue weighted by Crippen LogP contribution is -1.88. The number of phenolic OH excluding ortho intramolecular Hbond substituents is 1. The lowest BCUT2D eigenvalue weighted by Gasteiger charge is -1.97. The minimum absolute atomic E-state index is 0.170. The largest absolute Gasteiger partial charge is 0.508 e. The smallest absolute Gasteiger partial charge is 0.231 e. The van der Waals surface area contributed by atoms with Gasteiger partial charge in [-0.1, -0.05) is 41.0 Å². The summed E-state index contributed by atoms with van der Waals surface area (Å²) in [7, 11) is 0. The molecule has 0 fully saturated rings. The van der Waals surface area contributed by atoms with Gasteiger partial charge in [0.1, 0.15) is 5.75 Å². The first-order chi connectivity index (χ1) is 9.70. The SMILES string of the molecule is Oc1cccc(-c2noc(Cc3cccc(Cl)c3)n2)c1. The Morgan fingerprint density at radius 3 is 2.75 bits per heavy atom. The predicted molar refractivity (Wildman–Crippen MR) is 75.7 cm³/mol.